The maximum absolute atomic E-state index is 13.0. The van der Waals surface area contributed by atoms with E-state index < -0.39 is 21.5 Å². The van der Waals surface area contributed by atoms with E-state index in [1.807, 2.05) is 37.2 Å². The minimum absolute atomic E-state index is 0.0151. The number of imidazole rings is 1. The molecular formula is C22H42N6O8P2. The van der Waals surface area contributed by atoms with Crippen LogP contribution in [0.15, 0.2) is 4.79 Å². The highest BCUT2D eigenvalue weighted by Crippen LogP contribution is 2.47. The van der Waals surface area contributed by atoms with Crippen molar-refractivity contribution < 1.29 is 32.7 Å². The van der Waals surface area contributed by atoms with Gasteiger partial charge < -0.3 is 33.5 Å². The smallest absolute Gasteiger partial charge is 0.350 e. The number of nitrogens with one attached hydrogen (secondary N) is 2. The molecule has 16 heteroatoms. The zero-order valence-corrected chi connectivity index (χ0v) is 24.8. The maximum Gasteiger partial charge on any atom is 0.350 e. The summed E-state index contributed by atoms with van der Waals surface area (Å²) in [5.41, 5.74) is 0.361. The molecule has 0 aliphatic heterocycles. The number of aromatic nitrogens is 4. The fourth-order valence-electron chi connectivity index (χ4n) is 3.81. The van der Waals surface area contributed by atoms with Gasteiger partial charge in [-0.05, 0) is 27.7 Å². The number of hydrogen-bond acceptors (Lipinski definition) is 10. The lowest BCUT2D eigenvalue weighted by Gasteiger charge is -2.25. The Bertz CT molecular complexity index is 1170. The van der Waals surface area contributed by atoms with Crippen LogP contribution in [-0.2, 0) is 29.5 Å². The Morgan fingerprint density at radius 1 is 1.05 bits per heavy atom. The molecule has 0 bridgehead atoms. The van der Waals surface area contributed by atoms with Crippen molar-refractivity contribution in [3.8, 4) is 0 Å². The van der Waals surface area contributed by atoms with Crippen LogP contribution in [0, 0.1) is 0 Å². The summed E-state index contributed by atoms with van der Waals surface area (Å²) in [6.45, 7) is 13.4. The van der Waals surface area contributed by atoms with Crippen molar-refractivity contribution in [1.29, 1.82) is 0 Å². The van der Waals surface area contributed by atoms with Crippen molar-refractivity contribution >= 4 is 32.3 Å². The summed E-state index contributed by atoms with van der Waals surface area (Å²) in [5, 5.41) is 3.12. The number of H-pyrrole nitrogens is 1. The summed E-state index contributed by atoms with van der Waals surface area (Å²) in [6, 6.07) is 0.0616. The van der Waals surface area contributed by atoms with E-state index >= 15 is 0 Å². The summed E-state index contributed by atoms with van der Waals surface area (Å²) in [7, 11) is -7.60. The van der Waals surface area contributed by atoms with Crippen LogP contribution in [0.3, 0.4) is 0 Å². The Kier molecular flexibility index (Phi) is 12.6. The zero-order chi connectivity index (χ0) is 28.5. The first-order chi connectivity index (χ1) is 17.8. The second kappa shape index (κ2) is 14.7. The van der Waals surface area contributed by atoms with Gasteiger partial charge in [-0.3, -0.25) is 23.8 Å². The Balaban J connectivity index is 2.30. The van der Waals surface area contributed by atoms with Gasteiger partial charge in [-0.2, -0.15) is 4.98 Å². The molecule has 0 spiro atoms. The van der Waals surface area contributed by atoms with Crippen molar-refractivity contribution in [2.45, 2.75) is 60.0 Å². The minimum atomic E-state index is -4.29. The second-order valence-electron chi connectivity index (χ2n) is 9.38. The van der Waals surface area contributed by atoms with Gasteiger partial charge in [-0.1, -0.05) is 13.8 Å². The molecule has 0 fully saturated rings. The third-order valence-electron chi connectivity index (χ3n) is 5.37. The van der Waals surface area contributed by atoms with E-state index in [-0.39, 0.29) is 49.0 Å². The molecule has 2 rings (SSSR count). The lowest BCUT2D eigenvalue weighted by atomic mass is 10.2. The minimum Gasteiger partial charge on any atom is -0.367 e. The number of nitrogens with zero attached hydrogens (tertiary/aromatic N) is 4. The first kappa shape index (κ1) is 32.6. The van der Waals surface area contributed by atoms with Crippen LogP contribution in [0.25, 0.3) is 11.2 Å². The number of anilines is 1. The number of ether oxygens (including phenoxy) is 1. The standard InChI is InChI=1S/C22H42N6O8P2/c1-7-35-38(33,36-8-2)14-12-27(11-13-34-15-37(30,31)32)9-10-28-19(16(3)4)24-18-20(28)25-22(23-17(5)6)26-21(18)29/h16-17H,7-15H2,1-6H3,(H2,30,31,32)(H2,23,25,26,29). The van der Waals surface area contributed by atoms with E-state index in [2.05, 4.69) is 20.3 Å². The lowest BCUT2D eigenvalue weighted by Crippen LogP contribution is -2.34. The molecule has 14 nitrogen and oxygen atoms in total. The highest BCUT2D eigenvalue weighted by atomic mass is 31.2. The molecule has 0 amide bonds. The average molecular weight is 581 g/mol. The number of aromatic amines is 1. The third kappa shape index (κ3) is 10.2. The molecule has 0 saturated carbocycles. The highest BCUT2D eigenvalue weighted by molar-refractivity contribution is 7.53. The fourth-order valence-corrected chi connectivity index (χ4v) is 5.82. The van der Waals surface area contributed by atoms with Gasteiger partial charge in [0.1, 0.15) is 12.2 Å². The van der Waals surface area contributed by atoms with E-state index in [0.717, 1.165) is 0 Å². The molecule has 0 radical (unpaired) electrons. The summed E-state index contributed by atoms with van der Waals surface area (Å²) in [6.07, 6.45) is -0.547. The Labute approximate surface area is 223 Å². The van der Waals surface area contributed by atoms with Gasteiger partial charge in [0, 0.05) is 38.1 Å². The van der Waals surface area contributed by atoms with Crippen LogP contribution in [0.4, 0.5) is 5.95 Å². The molecular weight excluding hydrogens is 538 g/mol. The first-order valence-corrected chi connectivity index (χ1v) is 16.3. The maximum atomic E-state index is 13.0. The first-order valence-electron chi connectivity index (χ1n) is 12.8. The van der Waals surface area contributed by atoms with Gasteiger partial charge in [-0.15, -0.1) is 0 Å². The Morgan fingerprint density at radius 3 is 2.26 bits per heavy atom. The van der Waals surface area contributed by atoms with Gasteiger partial charge in [0.25, 0.3) is 5.56 Å². The van der Waals surface area contributed by atoms with Crippen molar-refractivity contribution in [2.24, 2.45) is 0 Å². The van der Waals surface area contributed by atoms with Crippen LogP contribution < -0.4 is 10.9 Å². The SMILES string of the molecule is CCOP(=O)(CCN(CCOCP(=O)(O)O)CCn1c(C(C)C)nc2c(=O)[nH]c(NC(C)C)nc21)OCC. The normalized spacial score (nSPS) is 12.9. The third-order valence-corrected chi connectivity index (χ3v) is 7.94. The fraction of sp³-hybridized carbons (Fsp3) is 0.773. The van der Waals surface area contributed by atoms with Gasteiger partial charge >= 0.3 is 15.2 Å². The van der Waals surface area contributed by atoms with Gasteiger partial charge in [-0.25, -0.2) is 4.98 Å². The van der Waals surface area contributed by atoms with Crippen LogP contribution in [0.5, 0.6) is 0 Å². The van der Waals surface area contributed by atoms with E-state index in [9.17, 15) is 13.9 Å². The topological polar surface area (TPSA) is 181 Å². The number of rotatable bonds is 18. The highest BCUT2D eigenvalue weighted by Gasteiger charge is 2.25. The molecule has 2 heterocycles. The second-order valence-corrected chi connectivity index (χ2v) is 13.1. The van der Waals surface area contributed by atoms with E-state index in [0.29, 0.717) is 43.6 Å². The van der Waals surface area contributed by atoms with Crippen LogP contribution in [0.2, 0.25) is 0 Å². The van der Waals surface area contributed by atoms with Gasteiger partial charge in [0.15, 0.2) is 11.2 Å². The molecule has 0 atom stereocenters. The monoisotopic (exact) mass is 580 g/mol. The predicted octanol–water partition coefficient (Wildman–Crippen LogP) is 2.78. The molecule has 4 N–H and O–H groups in total. The molecule has 218 valence electrons. The summed E-state index contributed by atoms with van der Waals surface area (Å²) < 4.78 is 42.0. The van der Waals surface area contributed by atoms with E-state index in [4.69, 9.17) is 23.6 Å². The molecule has 0 saturated heterocycles. The van der Waals surface area contributed by atoms with Crippen LogP contribution >= 0.6 is 15.2 Å². The summed E-state index contributed by atoms with van der Waals surface area (Å²) in [5.74, 6) is 1.07. The average Bonchev–Trinajstić information content (AvgIpc) is 3.16. The summed E-state index contributed by atoms with van der Waals surface area (Å²) in [4.78, 5) is 44.7. The van der Waals surface area contributed by atoms with Crippen LogP contribution in [-0.4, -0.2) is 92.2 Å². The summed E-state index contributed by atoms with van der Waals surface area (Å²) >= 11 is 0. The largest absolute Gasteiger partial charge is 0.367 e. The molecule has 2 aromatic heterocycles. The van der Waals surface area contributed by atoms with Crippen molar-refractivity contribution in [3.63, 3.8) is 0 Å². The van der Waals surface area contributed by atoms with E-state index in [1.165, 1.54) is 0 Å². The Hall–Kier alpha value is -1.63. The lowest BCUT2D eigenvalue weighted by molar-refractivity contribution is 0.121. The van der Waals surface area contributed by atoms with E-state index in [1.54, 1.807) is 13.8 Å². The molecule has 38 heavy (non-hydrogen) atoms. The molecule has 0 unspecified atom stereocenters. The zero-order valence-electron chi connectivity index (χ0n) is 23.0. The predicted molar refractivity (Wildman–Crippen MR) is 146 cm³/mol. The molecule has 0 aliphatic carbocycles. The number of fused-ring (bicyclic) bond motifs is 1. The van der Waals surface area contributed by atoms with Gasteiger partial charge in [0.2, 0.25) is 5.95 Å². The number of hydrogen-bond donors (Lipinski definition) is 4. The molecule has 0 aliphatic rings. The van der Waals surface area contributed by atoms with Crippen LogP contribution in [0.1, 0.15) is 53.3 Å². The quantitative estimate of drug-likeness (QED) is 0.150. The van der Waals surface area contributed by atoms with Crippen molar-refractivity contribution in [1.82, 2.24) is 24.4 Å². The van der Waals surface area contributed by atoms with Crippen molar-refractivity contribution in [2.75, 3.05) is 57.3 Å². The molecule has 2 aromatic rings. The molecule has 0 aromatic carbocycles. The van der Waals surface area contributed by atoms with Gasteiger partial charge in [0.05, 0.1) is 26.0 Å². The Morgan fingerprint density at radius 2 is 1.71 bits per heavy atom. The van der Waals surface area contributed by atoms with Crippen molar-refractivity contribution in [3.05, 3.63) is 16.2 Å².